The highest BCUT2D eigenvalue weighted by Gasteiger charge is 2.64. The molecule has 6 fully saturated rings. The summed E-state index contributed by atoms with van der Waals surface area (Å²) in [6.07, 6.45) is 5.78. The Balaban J connectivity index is 1.44. The molecule has 6 atom stereocenters. The molecule has 27 heavy (non-hydrogen) atoms. The van der Waals surface area contributed by atoms with Crippen LogP contribution in [0.25, 0.3) is 0 Å². The quantitative estimate of drug-likeness (QED) is 0.678. The van der Waals surface area contributed by atoms with E-state index in [1.165, 1.54) is 0 Å². The van der Waals surface area contributed by atoms with Crippen molar-refractivity contribution in [1.29, 1.82) is 5.26 Å². The summed E-state index contributed by atoms with van der Waals surface area (Å²) < 4.78 is 37.4. The molecule has 0 radical (unpaired) electrons. The minimum Gasteiger partial charge on any atom is -0.322 e. The van der Waals surface area contributed by atoms with Gasteiger partial charge < -0.3 is 10.6 Å². The van der Waals surface area contributed by atoms with E-state index in [1.54, 1.807) is 4.90 Å². The van der Waals surface area contributed by atoms with Crippen LogP contribution in [0.4, 0.5) is 0 Å². The third-order valence-corrected chi connectivity index (χ3v) is 8.33. The van der Waals surface area contributed by atoms with Crippen LogP contribution in [0.3, 0.4) is 0 Å². The zero-order valence-corrected chi connectivity index (χ0v) is 15.9. The van der Waals surface area contributed by atoms with Crippen molar-refractivity contribution in [2.24, 2.45) is 28.9 Å². The summed E-state index contributed by atoms with van der Waals surface area (Å²) in [5, 5.41) is 9.41. The fourth-order valence-corrected chi connectivity index (χ4v) is 7.89. The van der Waals surface area contributed by atoms with E-state index < -0.39 is 33.5 Å². The molecule has 0 aromatic rings. The van der Waals surface area contributed by atoms with Crippen LogP contribution in [0.1, 0.15) is 51.4 Å². The van der Waals surface area contributed by atoms with E-state index in [2.05, 4.69) is 6.07 Å². The lowest BCUT2D eigenvalue weighted by Crippen LogP contribution is -2.65. The van der Waals surface area contributed by atoms with Crippen LogP contribution in [0.2, 0.25) is 0 Å². The van der Waals surface area contributed by atoms with E-state index >= 15 is 0 Å². The molecule has 1 saturated heterocycles. The molecule has 6 rings (SSSR count). The highest BCUT2D eigenvalue weighted by Crippen LogP contribution is 2.64. The third-order valence-electron chi connectivity index (χ3n) is 7.77. The van der Waals surface area contributed by atoms with Gasteiger partial charge in [-0.25, -0.2) is 4.18 Å². The zero-order valence-electron chi connectivity index (χ0n) is 15.1. The Hall–Kier alpha value is -1.21. The van der Waals surface area contributed by atoms with Crippen LogP contribution in [-0.4, -0.2) is 47.5 Å². The van der Waals surface area contributed by atoms with E-state index in [0.717, 1.165) is 32.1 Å². The SMILES string of the molecule is N#C[C@@H]1C[C@@H]2C[C@@H]2N1C(=O)[C@@H](N)C12CC3CC(CC(OS(=O)(=O)O)(C3)C1)C2. The summed E-state index contributed by atoms with van der Waals surface area (Å²) in [6, 6.07) is 1.22. The zero-order chi connectivity index (χ0) is 19.2. The van der Waals surface area contributed by atoms with Crippen LogP contribution in [0.5, 0.6) is 0 Å². The molecule has 2 unspecified atom stereocenters. The molecule has 4 bridgehead atoms. The monoisotopic (exact) mass is 395 g/mol. The van der Waals surface area contributed by atoms with Crippen molar-refractivity contribution in [3.05, 3.63) is 0 Å². The Morgan fingerprint density at radius 1 is 1.22 bits per heavy atom. The number of hydrogen-bond donors (Lipinski definition) is 2. The van der Waals surface area contributed by atoms with Crippen molar-refractivity contribution in [3.63, 3.8) is 0 Å². The van der Waals surface area contributed by atoms with Crippen LogP contribution in [0, 0.1) is 34.5 Å². The van der Waals surface area contributed by atoms with E-state index in [1.807, 2.05) is 0 Å². The second kappa shape index (κ2) is 5.44. The summed E-state index contributed by atoms with van der Waals surface area (Å²) in [4.78, 5) is 15.0. The van der Waals surface area contributed by atoms with E-state index in [-0.39, 0.29) is 23.8 Å². The van der Waals surface area contributed by atoms with E-state index in [4.69, 9.17) is 9.92 Å². The van der Waals surface area contributed by atoms with Gasteiger partial charge in [-0.15, -0.1) is 0 Å². The maximum Gasteiger partial charge on any atom is 0.397 e. The summed E-state index contributed by atoms with van der Waals surface area (Å²) in [6.45, 7) is 0. The number of fused-ring (bicyclic) bond motifs is 1. The Bertz CT molecular complexity index is 822. The van der Waals surface area contributed by atoms with E-state index in [0.29, 0.717) is 25.2 Å². The Kier molecular flexibility index (Phi) is 3.60. The minimum atomic E-state index is -4.57. The van der Waals surface area contributed by atoms with Gasteiger partial charge in [0.1, 0.15) is 6.04 Å². The predicted molar refractivity (Wildman–Crippen MR) is 93.2 cm³/mol. The molecule has 1 amide bonds. The Morgan fingerprint density at radius 3 is 2.48 bits per heavy atom. The molecule has 3 N–H and O–H groups in total. The molecule has 0 spiro atoms. The lowest BCUT2D eigenvalue weighted by Gasteiger charge is -2.62. The first-order chi connectivity index (χ1) is 12.6. The second-order valence-electron chi connectivity index (χ2n) is 9.68. The van der Waals surface area contributed by atoms with Crippen LogP contribution in [0.15, 0.2) is 0 Å². The van der Waals surface area contributed by atoms with Gasteiger partial charge in [0.2, 0.25) is 5.91 Å². The largest absolute Gasteiger partial charge is 0.397 e. The van der Waals surface area contributed by atoms with Gasteiger partial charge in [0.25, 0.3) is 0 Å². The lowest BCUT2D eigenvalue weighted by molar-refractivity contribution is -0.168. The summed E-state index contributed by atoms with van der Waals surface area (Å²) in [5.74, 6) is 0.767. The number of nitrogens with two attached hydrogens (primary N) is 1. The predicted octanol–water partition coefficient (Wildman–Crippen LogP) is 0.985. The van der Waals surface area contributed by atoms with Gasteiger partial charge in [-0.2, -0.15) is 13.7 Å². The molecule has 6 aliphatic rings. The van der Waals surface area contributed by atoms with Gasteiger partial charge >= 0.3 is 10.4 Å². The Morgan fingerprint density at radius 2 is 1.89 bits per heavy atom. The molecule has 0 aromatic heterocycles. The van der Waals surface area contributed by atoms with E-state index in [9.17, 15) is 23.0 Å². The van der Waals surface area contributed by atoms with Gasteiger partial charge in [0.15, 0.2) is 0 Å². The van der Waals surface area contributed by atoms with Crippen molar-refractivity contribution >= 4 is 16.3 Å². The molecule has 8 nitrogen and oxygen atoms in total. The highest BCUT2D eigenvalue weighted by molar-refractivity contribution is 7.80. The lowest BCUT2D eigenvalue weighted by atomic mass is 9.46. The number of nitriles is 1. The maximum absolute atomic E-state index is 13.3. The van der Waals surface area contributed by atoms with Crippen molar-refractivity contribution in [2.75, 3.05) is 0 Å². The summed E-state index contributed by atoms with van der Waals surface area (Å²) in [5.41, 5.74) is 5.09. The molecule has 9 heteroatoms. The first-order valence-electron chi connectivity index (χ1n) is 9.79. The minimum absolute atomic E-state index is 0.144. The van der Waals surface area contributed by atoms with Gasteiger partial charge in [-0.05, 0) is 74.5 Å². The number of piperidine rings is 1. The number of carbonyl (C=O) groups excluding carboxylic acids is 1. The molecular weight excluding hydrogens is 370 g/mol. The Labute approximate surface area is 159 Å². The number of amides is 1. The molecule has 5 saturated carbocycles. The van der Waals surface area contributed by atoms with Crippen LogP contribution >= 0.6 is 0 Å². The third kappa shape index (κ3) is 2.72. The van der Waals surface area contributed by atoms with Crippen LogP contribution < -0.4 is 5.73 Å². The molecule has 1 heterocycles. The average Bonchev–Trinajstić information content (AvgIpc) is 3.20. The van der Waals surface area contributed by atoms with Gasteiger partial charge in [0, 0.05) is 6.04 Å². The van der Waals surface area contributed by atoms with Gasteiger partial charge in [0.05, 0.1) is 17.7 Å². The normalized spacial score (nSPS) is 48.2. The first-order valence-corrected chi connectivity index (χ1v) is 11.2. The highest BCUT2D eigenvalue weighted by atomic mass is 32.3. The summed E-state index contributed by atoms with van der Waals surface area (Å²) in [7, 11) is -4.57. The smallest absolute Gasteiger partial charge is 0.322 e. The standard InChI is InChI=1S/C18H25N3O5S/c19-8-13-2-12-3-14(12)21(13)16(22)15(20)17-4-10-1-11(5-17)7-18(6-10,9-17)26-27(23,24)25/h10-15H,1-7,9,20H2,(H,23,24,25)/t10?,11?,12-,13+,14+,15-,17?,18?/m1/s1. The fraction of sp³-hybridized carbons (Fsp3) is 0.889. The molecule has 5 aliphatic carbocycles. The summed E-state index contributed by atoms with van der Waals surface area (Å²) >= 11 is 0. The number of hydrogen-bond acceptors (Lipinski definition) is 6. The molecule has 148 valence electrons. The van der Waals surface area contributed by atoms with Crippen molar-refractivity contribution in [2.45, 2.75) is 75.1 Å². The number of rotatable bonds is 4. The average molecular weight is 395 g/mol. The molecule has 1 aliphatic heterocycles. The number of nitrogens with zero attached hydrogens (tertiary/aromatic N) is 2. The van der Waals surface area contributed by atoms with Gasteiger partial charge in [-0.1, -0.05) is 0 Å². The first kappa shape index (κ1) is 17.9. The van der Waals surface area contributed by atoms with Gasteiger partial charge in [-0.3, -0.25) is 9.35 Å². The van der Waals surface area contributed by atoms with Crippen molar-refractivity contribution in [3.8, 4) is 6.07 Å². The van der Waals surface area contributed by atoms with Crippen molar-refractivity contribution in [1.82, 2.24) is 4.90 Å². The van der Waals surface area contributed by atoms with Crippen molar-refractivity contribution < 1.29 is 21.9 Å². The number of carbonyl (C=O) groups is 1. The fourth-order valence-electron chi connectivity index (χ4n) is 7.24. The second-order valence-corrected chi connectivity index (χ2v) is 10.7. The number of likely N-dealkylation sites (tertiary alicyclic amines) is 1. The maximum atomic E-state index is 13.3. The molecule has 0 aromatic carbocycles. The van der Waals surface area contributed by atoms with Crippen LogP contribution in [-0.2, 0) is 19.4 Å². The topological polar surface area (TPSA) is 134 Å². The molecular formula is C18H25N3O5S.